The third kappa shape index (κ3) is 5.49. The largest absolute Gasteiger partial charge is 0.482 e. The lowest BCUT2D eigenvalue weighted by atomic mass is 10.1. The van der Waals surface area contributed by atoms with Gasteiger partial charge in [-0.05, 0) is 45.4 Å². The van der Waals surface area contributed by atoms with Crippen LogP contribution in [0.2, 0.25) is 0 Å². The van der Waals surface area contributed by atoms with E-state index in [1.807, 2.05) is 51.4 Å². The van der Waals surface area contributed by atoms with Crippen LogP contribution in [0, 0.1) is 20.8 Å². The van der Waals surface area contributed by atoms with Crippen LogP contribution in [-0.4, -0.2) is 39.5 Å². The van der Waals surface area contributed by atoms with E-state index < -0.39 is 5.97 Å². The standard InChI is InChI=1S/C22H26N4O4S2/c1-12-7-8-17(13(2)9-12)30-15(4)19-24-25-22(26(19)5)31-11-18(27)23-20-16(21(28)29-6)10-14(3)32-20/h7-10,15H,11H2,1-6H3,(H,23,27). The second kappa shape index (κ2) is 10.2. The summed E-state index contributed by atoms with van der Waals surface area (Å²) in [7, 11) is 3.16. The molecule has 170 valence electrons. The van der Waals surface area contributed by atoms with Crippen LogP contribution in [0.5, 0.6) is 5.75 Å². The Hall–Kier alpha value is -2.85. The maximum absolute atomic E-state index is 12.5. The van der Waals surface area contributed by atoms with E-state index in [2.05, 4.69) is 21.6 Å². The number of esters is 1. The van der Waals surface area contributed by atoms with Gasteiger partial charge in [-0.3, -0.25) is 4.79 Å². The third-order valence-corrected chi connectivity index (χ3v) is 6.70. The number of hydrogen-bond acceptors (Lipinski definition) is 8. The number of amides is 1. The average Bonchev–Trinajstić information content (AvgIpc) is 3.29. The molecule has 0 saturated heterocycles. The molecule has 0 radical (unpaired) electrons. The maximum atomic E-state index is 12.5. The highest BCUT2D eigenvalue weighted by molar-refractivity contribution is 7.99. The molecule has 0 aliphatic carbocycles. The molecule has 3 aromatic rings. The second-order valence-corrected chi connectivity index (χ2v) is 9.56. The molecule has 3 rings (SSSR count). The number of carbonyl (C=O) groups is 2. The Morgan fingerprint density at radius 1 is 1.22 bits per heavy atom. The lowest BCUT2D eigenvalue weighted by Crippen LogP contribution is -2.16. The number of hydrogen-bond donors (Lipinski definition) is 1. The molecule has 0 aliphatic rings. The number of nitrogens with zero attached hydrogens (tertiary/aromatic N) is 3. The van der Waals surface area contributed by atoms with Crippen molar-refractivity contribution in [2.45, 2.75) is 39.0 Å². The Labute approximate surface area is 195 Å². The minimum Gasteiger partial charge on any atom is -0.482 e. The third-order valence-electron chi connectivity index (χ3n) is 4.71. The molecule has 2 aromatic heterocycles. The van der Waals surface area contributed by atoms with Crippen molar-refractivity contribution in [3.63, 3.8) is 0 Å². The van der Waals surface area contributed by atoms with E-state index >= 15 is 0 Å². The molecule has 1 aromatic carbocycles. The van der Waals surface area contributed by atoms with Crippen molar-refractivity contribution in [3.8, 4) is 5.75 Å². The Morgan fingerprint density at radius 3 is 2.66 bits per heavy atom. The highest BCUT2D eigenvalue weighted by Gasteiger charge is 2.20. The maximum Gasteiger partial charge on any atom is 0.340 e. The van der Waals surface area contributed by atoms with Crippen LogP contribution in [0.15, 0.2) is 29.4 Å². The van der Waals surface area contributed by atoms with Gasteiger partial charge >= 0.3 is 5.97 Å². The molecule has 1 amide bonds. The Bertz CT molecular complexity index is 1140. The highest BCUT2D eigenvalue weighted by Crippen LogP contribution is 2.29. The van der Waals surface area contributed by atoms with Gasteiger partial charge < -0.3 is 19.4 Å². The van der Waals surface area contributed by atoms with Gasteiger partial charge in [-0.25, -0.2) is 4.79 Å². The van der Waals surface area contributed by atoms with Crippen LogP contribution >= 0.6 is 23.1 Å². The van der Waals surface area contributed by atoms with Crippen LogP contribution in [-0.2, 0) is 16.6 Å². The predicted molar refractivity (Wildman–Crippen MR) is 126 cm³/mol. The topological polar surface area (TPSA) is 95.3 Å². The average molecular weight is 475 g/mol. The smallest absolute Gasteiger partial charge is 0.340 e. The summed E-state index contributed by atoms with van der Waals surface area (Å²) in [4.78, 5) is 25.2. The molecule has 10 heteroatoms. The lowest BCUT2D eigenvalue weighted by Gasteiger charge is -2.16. The van der Waals surface area contributed by atoms with Gasteiger partial charge in [0.15, 0.2) is 17.1 Å². The van der Waals surface area contributed by atoms with Gasteiger partial charge in [0.1, 0.15) is 10.8 Å². The van der Waals surface area contributed by atoms with Gasteiger partial charge in [-0.2, -0.15) is 0 Å². The second-order valence-electron chi connectivity index (χ2n) is 7.36. The normalized spacial score (nSPS) is 11.8. The van der Waals surface area contributed by atoms with Crippen molar-refractivity contribution in [2.75, 3.05) is 18.2 Å². The number of ether oxygens (including phenoxy) is 2. The van der Waals surface area contributed by atoms with Gasteiger partial charge in [0.05, 0.1) is 18.4 Å². The zero-order chi connectivity index (χ0) is 23.4. The van der Waals surface area contributed by atoms with E-state index in [-0.39, 0.29) is 17.8 Å². The Balaban J connectivity index is 1.62. The van der Waals surface area contributed by atoms with E-state index in [9.17, 15) is 9.59 Å². The van der Waals surface area contributed by atoms with E-state index in [0.717, 1.165) is 16.2 Å². The fourth-order valence-corrected chi connectivity index (χ4v) is 4.78. The summed E-state index contributed by atoms with van der Waals surface area (Å²) in [5.41, 5.74) is 2.58. The van der Waals surface area contributed by atoms with Crippen LogP contribution in [0.3, 0.4) is 0 Å². The number of carbonyl (C=O) groups excluding carboxylic acids is 2. The zero-order valence-corrected chi connectivity index (χ0v) is 20.5. The van der Waals surface area contributed by atoms with Crippen LogP contribution in [0.4, 0.5) is 5.00 Å². The number of thiophene rings is 1. The fraction of sp³-hybridized carbons (Fsp3) is 0.364. The molecular formula is C22H26N4O4S2. The number of benzene rings is 1. The molecule has 0 spiro atoms. The Morgan fingerprint density at radius 2 is 1.97 bits per heavy atom. The SMILES string of the molecule is COC(=O)c1cc(C)sc1NC(=O)CSc1nnc(C(C)Oc2ccc(C)cc2C)n1C. The van der Waals surface area contributed by atoms with Crippen LogP contribution in [0.25, 0.3) is 0 Å². The minimum atomic E-state index is -0.479. The first kappa shape index (κ1) is 23.8. The van der Waals surface area contributed by atoms with Gasteiger partial charge in [0.2, 0.25) is 5.91 Å². The molecule has 2 heterocycles. The predicted octanol–water partition coefficient (Wildman–Crippen LogP) is 4.46. The van der Waals surface area contributed by atoms with Crippen molar-refractivity contribution in [1.82, 2.24) is 14.8 Å². The van der Waals surface area contributed by atoms with Gasteiger partial charge in [0.25, 0.3) is 0 Å². The summed E-state index contributed by atoms with van der Waals surface area (Å²) in [6.45, 7) is 7.83. The fourth-order valence-electron chi connectivity index (χ4n) is 3.14. The van der Waals surface area contributed by atoms with Crippen molar-refractivity contribution >= 4 is 40.0 Å². The molecule has 1 unspecified atom stereocenters. The lowest BCUT2D eigenvalue weighted by molar-refractivity contribution is -0.113. The monoisotopic (exact) mass is 474 g/mol. The van der Waals surface area contributed by atoms with E-state index in [1.165, 1.54) is 35.8 Å². The highest BCUT2D eigenvalue weighted by atomic mass is 32.2. The van der Waals surface area contributed by atoms with Crippen LogP contribution in [0.1, 0.15) is 45.2 Å². The molecule has 0 fully saturated rings. The van der Waals surface area contributed by atoms with E-state index in [4.69, 9.17) is 9.47 Å². The quantitative estimate of drug-likeness (QED) is 0.380. The number of aryl methyl sites for hydroxylation is 3. The first-order valence-electron chi connectivity index (χ1n) is 9.94. The molecular weight excluding hydrogens is 448 g/mol. The minimum absolute atomic E-state index is 0.121. The number of methoxy groups -OCH3 is 1. The number of rotatable bonds is 8. The molecule has 8 nitrogen and oxygen atoms in total. The summed E-state index contributed by atoms with van der Waals surface area (Å²) in [5, 5.41) is 12.3. The number of nitrogens with one attached hydrogen (secondary N) is 1. The molecule has 0 aliphatic heterocycles. The Kier molecular flexibility index (Phi) is 7.57. The molecule has 32 heavy (non-hydrogen) atoms. The first-order valence-corrected chi connectivity index (χ1v) is 11.7. The molecule has 0 saturated carbocycles. The number of thioether (sulfide) groups is 1. The molecule has 1 N–H and O–H groups in total. The van der Waals surface area contributed by atoms with Crippen molar-refractivity contribution < 1.29 is 19.1 Å². The van der Waals surface area contributed by atoms with Crippen molar-refractivity contribution in [2.24, 2.45) is 7.05 Å². The summed E-state index contributed by atoms with van der Waals surface area (Å²) < 4.78 is 12.7. The summed E-state index contributed by atoms with van der Waals surface area (Å²) in [6.07, 6.45) is -0.311. The summed E-state index contributed by atoms with van der Waals surface area (Å²) in [5.74, 6) is 0.858. The van der Waals surface area contributed by atoms with Gasteiger partial charge in [0, 0.05) is 11.9 Å². The van der Waals surface area contributed by atoms with Gasteiger partial charge in [-0.1, -0.05) is 29.5 Å². The van der Waals surface area contributed by atoms with E-state index in [0.29, 0.717) is 21.5 Å². The number of anilines is 1. The van der Waals surface area contributed by atoms with Crippen molar-refractivity contribution in [1.29, 1.82) is 0 Å². The number of aromatic nitrogens is 3. The summed E-state index contributed by atoms with van der Waals surface area (Å²) >= 11 is 2.59. The van der Waals surface area contributed by atoms with E-state index in [1.54, 1.807) is 6.07 Å². The van der Waals surface area contributed by atoms with Crippen molar-refractivity contribution in [3.05, 3.63) is 51.7 Å². The molecule has 0 bridgehead atoms. The first-order chi connectivity index (χ1) is 15.2. The zero-order valence-electron chi connectivity index (χ0n) is 18.9. The van der Waals surface area contributed by atoms with Crippen LogP contribution < -0.4 is 10.1 Å². The molecule has 1 atom stereocenters. The summed E-state index contributed by atoms with van der Waals surface area (Å²) in [6, 6.07) is 7.73. The van der Waals surface area contributed by atoms with Gasteiger partial charge in [-0.15, -0.1) is 21.5 Å².